The Morgan fingerprint density at radius 1 is 0.536 bits per heavy atom. The Labute approximate surface area is 340 Å². The van der Waals surface area contributed by atoms with E-state index in [9.17, 15) is 24.3 Å². The van der Waals surface area contributed by atoms with Gasteiger partial charge in [-0.05, 0) is 18.4 Å². The molecule has 1 aromatic rings. The van der Waals surface area contributed by atoms with Gasteiger partial charge in [-0.1, -0.05) is 198 Å². The van der Waals surface area contributed by atoms with Crippen molar-refractivity contribution in [2.45, 2.75) is 206 Å². The van der Waals surface area contributed by atoms with Crippen molar-refractivity contribution in [1.82, 2.24) is 10.6 Å². The summed E-state index contributed by atoms with van der Waals surface area (Å²) in [6, 6.07) is 9.15. The largest absolute Gasteiger partial charge is 0.463 e. The number of unbranched alkanes of at least 4 members (excludes halogenated alkanes) is 24. The Balaban J connectivity index is 2.46. The maximum Gasteiger partial charge on any atom is 0.407 e. The summed E-state index contributed by atoms with van der Waals surface area (Å²) in [7, 11) is 0. The van der Waals surface area contributed by atoms with Crippen LogP contribution < -0.4 is 10.6 Å². The molecule has 0 unspecified atom stereocenters. The fourth-order valence-corrected chi connectivity index (χ4v) is 6.67. The molecule has 0 bridgehead atoms. The van der Waals surface area contributed by atoms with Crippen molar-refractivity contribution in [2.24, 2.45) is 0 Å². The minimum atomic E-state index is -1.57. The van der Waals surface area contributed by atoms with Gasteiger partial charge in [0.1, 0.15) is 31.9 Å². The van der Waals surface area contributed by atoms with Crippen LogP contribution in [-0.4, -0.2) is 60.9 Å². The molecular weight excluding hydrogens is 709 g/mol. The van der Waals surface area contributed by atoms with Crippen LogP contribution in [0.4, 0.5) is 4.79 Å². The summed E-state index contributed by atoms with van der Waals surface area (Å²) < 4.78 is 16.2. The maximum atomic E-state index is 12.9. The van der Waals surface area contributed by atoms with Crippen LogP contribution in [0.2, 0.25) is 0 Å². The average Bonchev–Trinajstić information content (AvgIpc) is 3.21. The van der Waals surface area contributed by atoms with Crippen molar-refractivity contribution in [3.05, 3.63) is 35.9 Å². The fraction of sp³-hybridized carbons (Fsp3) is 0.783. The third-order valence-electron chi connectivity index (χ3n) is 10.3. The van der Waals surface area contributed by atoms with E-state index in [2.05, 4.69) is 24.5 Å². The van der Waals surface area contributed by atoms with Gasteiger partial charge in [-0.15, -0.1) is 0 Å². The zero-order valence-corrected chi connectivity index (χ0v) is 35.5. The van der Waals surface area contributed by atoms with Crippen molar-refractivity contribution >= 4 is 23.9 Å². The highest BCUT2D eigenvalue weighted by molar-refractivity contribution is 5.83. The topological polar surface area (TPSA) is 140 Å². The maximum absolute atomic E-state index is 12.9. The number of benzene rings is 1. The number of esters is 2. The van der Waals surface area contributed by atoms with Crippen LogP contribution in [0.5, 0.6) is 0 Å². The summed E-state index contributed by atoms with van der Waals surface area (Å²) in [6.07, 6.45) is 30.9. The van der Waals surface area contributed by atoms with E-state index in [4.69, 9.17) is 14.2 Å². The summed E-state index contributed by atoms with van der Waals surface area (Å²) in [5, 5.41) is 15.5. The monoisotopic (exact) mass is 789 g/mol. The standard InChI is InChI=1S/C46H80N2O8/c1-3-5-7-9-11-13-15-17-19-21-23-25-30-34-43(51)55-39-46(38-49,48-42(50)36-47-45(53)54-37-41-32-28-27-29-33-41)40-56-44(52)35-31-26-24-22-20-18-16-14-12-10-8-6-4-2/h27-29,32-33,49H,3-26,30-31,34-40H2,1-2H3,(H,47,53)(H,48,50). The number of hydrogen-bond acceptors (Lipinski definition) is 8. The van der Waals surface area contributed by atoms with Crippen LogP contribution in [0.3, 0.4) is 0 Å². The Hall–Kier alpha value is -3.14. The number of carbonyl (C=O) groups excluding carboxylic acids is 4. The zero-order chi connectivity index (χ0) is 40.8. The Bertz CT molecular complexity index is 1070. The zero-order valence-electron chi connectivity index (χ0n) is 35.5. The summed E-state index contributed by atoms with van der Waals surface area (Å²) in [6.45, 7) is 2.68. The molecule has 56 heavy (non-hydrogen) atoms. The van der Waals surface area contributed by atoms with Gasteiger partial charge in [-0.2, -0.15) is 0 Å². The van der Waals surface area contributed by atoms with Crippen molar-refractivity contribution in [2.75, 3.05) is 26.4 Å². The highest BCUT2D eigenvalue weighted by Crippen LogP contribution is 2.16. The summed E-state index contributed by atoms with van der Waals surface area (Å²) >= 11 is 0. The minimum absolute atomic E-state index is 0.0410. The van der Waals surface area contributed by atoms with Crippen molar-refractivity contribution in [1.29, 1.82) is 0 Å². The first-order chi connectivity index (χ1) is 27.3. The molecule has 3 N–H and O–H groups in total. The van der Waals surface area contributed by atoms with Gasteiger partial charge < -0.3 is 30.0 Å². The number of aliphatic hydroxyl groups excluding tert-OH is 1. The van der Waals surface area contributed by atoms with E-state index in [0.29, 0.717) is 12.8 Å². The number of amides is 2. The second-order valence-electron chi connectivity index (χ2n) is 15.7. The molecule has 1 rings (SSSR count). The SMILES string of the molecule is CCCCCCCCCCCCCCCC(=O)OCC(CO)(COC(=O)CCCCCCCCCCCCCCC)NC(=O)CNC(=O)OCc1ccccc1. The Morgan fingerprint density at radius 3 is 1.29 bits per heavy atom. The lowest BCUT2D eigenvalue weighted by atomic mass is 10.0. The lowest BCUT2D eigenvalue weighted by Crippen LogP contribution is -2.60. The van der Waals surface area contributed by atoms with E-state index < -0.39 is 42.6 Å². The molecule has 0 aliphatic carbocycles. The molecule has 2 amide bonds. The summed E-state index contributed by atoms with van der Waals surface area (Å²) in [5.74, 6) is -1.54. The quantitative estimate of drug-likeness (QED) is 0.0342. The lowest BCUT2D eigenvalue weighted by molar-refractivity contribution is -0.154. The number of alkyl carbamates (subject to hydrolysis) is 1. The van der Waals surface area contributed by atoms with Gasteiger partial charge in [0.25, 0.3) is 0 Å². The molecule has 0 aliphatic rings. The number of aliphatic hydroxyl groups is 1. The molecule has 1 aromatic carbocycles. The molecule has 0 saturated heterocycles. The van der Waals surface area contributed by atoms with E-state index in [0.717, 1.165) is 44.1 Å². The molecule has 0 aliphatic heterocycles. The highest BCUT2D eigenvalue weighted by Gasteiger charge is 2.35. The molecular formula is C46H80N2O8. The van der Waals surface area contributed by atoms with Gasteiger partial charge in [0.2, 0.25) is 5.91 Å². The van der Waals surface area contributed by atoms with Gasteiger partial charge in [0.05, 0.1) is 6.61 Å². The average molecular weight is 789 g/mol. The second kappa shape index (κ2) is 36.2. The highest BCUT2D eigenvalue weighted by atomic mass is 16.6. The molecule has 0 atom stereocenters. The number of hydrogen-bond donors (Lipinski definition) is 3. The van der Waals surface area contributed by atoms with Gasteiger partial charge in [-0.3, -0.25) is 14.4 Å². The molecule has 0 aromatic heterocycles. The second-order valence-corrected chi connectivity index (χ2v) is 15.7. The van der Waals surface area contributed by atoms with Crippen LogP contribution in [0.25, 0.3) is 0 Å². The van der Waals surface area contributed by atoms with E-state index in [1.54, 1.807) is 0 Å². The smallest absolute Gasteiger partial charge is 0.407 e. The van der Waals surface area contributed by atoms with E-state index >= 15 is 0 Å². The van der Waals surface area contributed by atoms with Gasteiger partial charge in [-0.25, -0.2) is 4.79 Å². The van der Waals surface area contributed by atoms with E-state index in [1.807, 2.05) is 30.3 Å². The first-order valence-electron chi connectivity index (χ1n) is 22.5. The van der Waals surface area contributed by atoms with Gasteiger partial charge >= 0.3 is 18.0 Å². The molecule has 10 nitrogen and oxygen atoms in total. The molecule has 0 saturated carbocycles. The summed E-state index contributed by atoms with van der Waals surface area (Å²) in [4.78, 5) is 50.5. The van der Waals surface area contributed by atoms with Crippen molar-refractivity contribution in [3.63, 3.8) is 0 Å². The molecule has 0 fully saturated rings. The van der Waals surface area contributed by atoms with Gasteiger partial charge in [0.15, 0.2) is 0 Å². The lowest BCUT2D eigenvalue weighted by Gasteiger charge is -2.32. The Kier molecular flexibility index (Phi) is 32.9. The minimum Gasteiger partial charge on any atom is -0.463 e. The van der Waals surface area contributed by atoms with Gasteiger partial charge in [0, 0.05) is 12.8 Å². The summed E-state index contributed by atoms with van der Waals surface area (Å²) in [5.41, 5.74) is -0.767. The normalized spacial score (nSPS) is 11.3. The van der Waals surface area contributed by atoms with Crippen LogP contribution >= 0.6 is 0 Å². The number of rotatable bonds is 38. The van der Waals surface area contributed by atoms with E-state index in [-0.39, 0.29) is 32.7 Å². The molecule has 0 heterocycles. The first kappa shape index (κ1) is 50.9. The molecule has 322 valence electrons. The van der Waals surface area contributed by atoms with Crippen LogP contribution in [0.1, 0.15) is 199 Å². The third kappa shape index (κ3) is 30.1. The number of nitrogens with one attached hydrogen (secondary N) is 2. The number of carbonyl (C=O) groups is 4. The fourth-order valence-electron chi connectivity index (χ4n) is 6.67. The third-order valence-corrected chi connectivity index (χ3v) is 10.3. The van der Waals surface area contributed by atoms with Crippen molar-refractivity contribution in [3.8, 4) is 0 Å². The predicted octanol–water partition coefficient (Wildman–Crippen LogP) is 10.8. The molecule has 0 radical (unpaired) electrons. The molecule has 0 spiro atoms. The van der Waals surface area contributed by atoms with Crippen LogP contribution in [-0.2, 0) is 35.2 Å². The first-order valence-corrected chi connectivity index (χ1v) is 22.5. The van der Waals surface area contributed by atoms with Crippen LogP contribution in [0.15, 0.2) is 30.3 Å². The van der Waals surface area contributed by atoms with Crippen molar-refractivity contribution < 1.29 is 38.5 Å². The number of ether oxygens (including phenoxy) is 3. The Morgan fingerprint density at radius 2 is 0.911 bits per heavy atom. The van der Waals surface area contributed by atoms with Crippen LogP contribution in [0, 0.1) is 0 Å². The molecule has 10 heteroatoms. The predicted molar refractivity (Wildman–Crippen MR) is 225 cm³/mol. The van der Waals surface area contributed by atoms with E-state index in [1.165, 1.54) is 116 Å².